The quantitative estimate of drug-likeness (QED) is 0.462. The van der Waals surface area contributed by atoms with Crippen LogP contribution in [0.4, 0.5) is 0 Å². The Balaban J connectivity index is 2.33. The van der Waals surface area contributed by atoms with Crippen molar-refractivity contribution < 1.29 is 23.9 Å². The Morgan fingerprint density at radius 1 is 1.10 bits per heavy atom. The topological polar surface area (TPSA) is 80.8 Å². The number of hydrogen-bond acceptors (Lipinski definition) is 5. The van der Waals surface area contributed by atoms with Crippen LogP contribution in [0.5, 0.6) is 0 Å². The summed E-state index contributed by atoms with van der Waals surface area (Å²) in [7, 11) is 0. The van der Waals surface area contributed by atoms with Gasteiger partial charge in [0.1, 0.15) is 6.04 Å². The molecule has 0 aliphatic carbocycles. The number of carbonyl (C=O) groups excluding carboxylic acids is 4. The average Bonchev–Trinajstić information content (AvgIpc) is 2.74. The Morgan fingerprint density at radius 3 is 2.05 bits per heavy atom. The molecule has 6 nitrogen and oxygen atoms in total. The molecular formula is C15H15NO5. The molecule has 0 radical (unpaired) electrons. The van der Waals surface area contributed by atoms with Crippen molar-refractivity contribution in [2.45, 2.75) is 26.3 Å². The number of nitrogens with zero attached hydrogens (tertiary/aromatic N) is 1. The molecule has 0 aromatic heterocycles. The normalized spacial score (nSPS) is 14.9. The summed E-state index contributed by atoms with van der Waals surface area (Å²) < 4.78 is 4.66. The molecule has 1 aliphatic heterocycles. The van der Waals surface area contributed by atoms with Crippen molar-refractivity contribution in [3.05, 3.63) is 35.4 Å². The second-order valence-corrected chi connectivity index (χ2v) is 4.53. The molecule has 1 aromatic carbocycles. The summed E-state index contributed by atoms with van der Waals surface area (Å²) in [6, 6.07) is 5.20. The van der Waals surface area contributed by atoms with E-state index >= 15 is 0 Å². The van der Waals surface area contributed by atoms with Crippen molar-refractivity contribution in [1.82, 2.24) is 4.90 Å². The third-order valence-electron chi connectivity index (χ3n) is 3.30. The van der Waals surface area contributed by atoms with Gasteiger partial charge in [0.2, 0.25) is 0 Å². The van der Waals surface area contributed by atoms with E-state index in [1.54, 1.807) is 26.0 Å². The van der Waals surface area contributed by atoms with Gasteiger partial charge in [-0.1, -0.05) is 19.1 Å². The molecule has 2 rings (SSSR count). The molecular weight excluding hydrogens is 274 g/mol. The van der Waals surface area contributed by atoms with Gasteiger partial charge in [-0.05, 0) is 25.5 Å². The van der Waals surface area contributed by atoms with Crippen LogP contribution in [-0.4, -0.2) is 41.1 Å². The van der Waals surface area contributed by atoms with Crippen LogP contribution in [0.1, 0.15) is 41.0 Å². The first-order valence-corrected chi connectivity index (χ1v) is 6.70. The molecule has 1 heterocycles. The van der Waals surface area contributed by atoms with E-state index in [0.29, 0.717) is 0 Å². The van der Waals surface area contributed by atoms with E-state index in [2.05, 4.69) is 4.74 Å². The van der Waals surface area contributed by atoms with E-state index in [1.165, 1.54) is 12.1 Å². The van der Waals surface area contributed by atoms with Gasteiger partial charge < -0.3 is 4.74 Å². The molecule has 1 atom stereocenters. The molecule has 0 saturated carbocycles. The van der Waals surface area contributed by atoms with E-state index in [0.717, 1.165) is 4.90 Å². The Morgan fingerprint density at radius 2 is 1.62 bits per heavy atom. The second-order valence-electron chi connectivity index (χ2n) is 4.53. The first-order valence-electron chi connectivity index (χ1n) is 6.70. The second kappa shape index (κ2) is 5.87. The van der Waals surface area contributed by atoms with Crippen LogP contribution in [0.25, 0.3) is 0 Å². The van der Waals surface area contributed by atoms with E-state index in [9.17, 15) is 19.2 Å². The smallest absolute Gasteiger partial charge is 0.376 e. The fourth-order valence-corrected chi connectivity index (χ4v) is 2.31. The molecule has 1 aromatic rings. The number of rotatable bonds is 5. The molecule has 1 aliphatic rings. The number of imide groups is 1. The van der Waals surface area contributed by atoms with E-state index < -0.39 is 29.6 Å². The van der Waals surface area contributed by atoms with Gasteiger partial charge in [0.05, 0.1) is 17.7 Å². The summed E-state index contributed by atoms with van der Waals surface area (Å²) in [4.78, 5) is 49.1. The van der Waals surface area contributed by atoms with Crippen LogP contribution in [0, 0.1) is 0 Å². The van der Waals surface area contributed by atoms with Gasteiger partial charge in [-0.2, -0.15) is 0 Å². The first-order chi connectivity index (χ1) is 10.0. The standard InChI is InChI=1S/C15H15NO5/c1-3-11(12(17)15(20)21-4-2)16-13(18)9-7-5-6-8-10(9)14(16)19/h5-8,11H,3-4H2,1-2H3. The predicted molar refractivity (Wildman–Crippen MR) is 72.7 cm³/mol. The lowest BCUT2D eigenvalue weighted by molar-refractivity contribution is -0.155. The number of ether oxygens (including phenoxy) is 1. The first kappa shape index (κ1) is 14.9. The summed E-state index contributed by atoms with van der Waals surface area (Å²) in [5.74, 6) is -3.02. The molecule has 1 unspecified atom stereocenters. The number of esters is 1. The maximum Gasteiger partial charge on any atom is 0.376 e. The highest BCUT2D eigenvalue weighted by Gasteiger charge is 2.43. The minimum Gasteiger partial charge on any atom is -0.460 e. The predicted octanol–water partition coefficient (Wildman–Crippen LogP) is 1.19. The van der Waals surface area contributed by atoms with Crippen LogP contribution < -0.4 is 0 Å². The highest BCUT2D eigenvalue weighted by atomic mass is 16.5. The lowest BCUT2D eigenvalue weighted by atomic mass is 10.1. The SMILES string of the molecule is CCOC(=O)C(=O)C(CC)N1C(=O)c2ccccc2C1=O. The van der Waals surface area contributed by atoms with Gasteiger partial charge in [-0.3, -0.25) is 19.3 Å². The van der Waals surface area contributed by atoms with E-state index in [4.69, 9.17) is 0 Å². The van der Waals surface area contributed by atoms with Crippen LogP contribution >= 0.6 is 0 Å². The third kappa shape index (κ3) is 2.44. The number of fused-ring (bicyclic) bond motifs is 1. The maximum atomic E-state index is 12.3. The largest absolute Gasteiger partial charge is 0.460 e. The number of carbonyl (C=O) groups is 4. The number of Topliss-reactive ketones (excluding diaryl/α,β-unsaturated/α-hetero) is 1. The zero-order chi connectivity index (χ0) is 15.6. The Bertz CT molecular complexity index is 587. The third-order valence-corrected chi connectivity index (χ3v) is 3.30. The Hall–Kier alpha value is -2.50. The van der Waals surface area contributed by atoms with Crippen molar-refractivity contribution in [2.24, 2.45) is 0 Å². The summed E-state index contributed by atoms with van der Waals surface area (Å²) >= 11 is 0. The summed E-state index contributed by atoms with van der Waals surface area (Å²) in [5, 5.41) is 0. The minimum atomic E-state index is -1.13. The lowest BCUT2D eigenvalue weighted by Gasteiger charge is -2.22. The Kier molecular flexibility index (Phi) is 4.16. The average molecular weight is 289 g/mol. The fourth-order valence-electron chi connectivity index (χ4n) is 2.31. The summed E-state index contributed by atoms with van der Waals surface area (Å²) in [6.07, 6.45) is 0.156. The molecule has 0 bridgehead atoms. The zero-order valence-corrected chi connectivity index (χ0v) is 11.8. The van der Waals surface area contributed by atoms with E-state index in [-0.39, 0.29) is 24.2 Å². The van der Waals surface area contributed by atoms with Gasteiger partial charge >= 0.3 is 5.97 Å². The molecule has 0 N–H and O–H groups in total. The van der Waals surface area contributed by atoms with Crippen molar-refractivity contribution >= 4 is 23.6 Å². The molecule has 110 valence electrons. The number of hydrogen-bond donors (Lipinski definition) is 0. The van der Waals surface area contributed by atoms with Crippen LogP contribution in [0.15, 0.2) is 24.3 Å². The van der Waals surface area contributed by atoms with Crippen LogP contribution in [-0.2, 0) is 14.3 Å². The molecule has 0 fully saturated rings. The minimum absolute atomic E-state index is 0.0587. The van der Waals surface area contributed by atoms with Crippen molar-refractivity contribution in [3.63, 3.8) is 0 Å². The van der Waals surface area contributed by atoms with Gasteiger partial charge in [-0.25, -0.2) is 4.79 Å². The maximum absolute atomic E-state index is 12.3. The highest BCUT2D eigenvalue weighted by molar-refractivity contribution is 6.37. The van der Waals surface area contributed by atoms with Gasteiger partial charge in [-0.15, -0.1) is 0 Å². The van der Waals surface area contributed by atoms with Gasteiger partial charge in [0.15, 0.2) is 0 Å². The van der Waals surface area contributed by atoms with Crippen molar-refractivity contribution in [1.29, 1.82) is 0 Å². The zero-order valence-electron chi connectivity index (χ0n) is 11.8. The summed E-state index contributed by atoms with van der Waals surface area (Å²) in [5.41, 5.74) is 0.496. The van der Waals surface area contributed by atoms with E-state index in [1.807, 2.05) is 0 Å². The number of benzene rings is 1. The highest BCUT2D eigenvalue weighted by Crippen LogP contribution is 2.25. The molecule has 21 heavy (non-hydrogen) atoms. The molecule has 2 amide bonds. The van der Waals surface area contributed by atoms with Crippen LogP contribution in [0.3, 0.4) is 0 Å². The number of amides is 2. The van der Waals surface area contributed by atoms with Crippen molar-refractivity contribution in [2.75, 3.05) is 6.61 Å². The van der Waals surface area contributed by atoms with Crippen LogP contribution in [0.2, 0.25) is 0 Å². The molecule has 6 heteroatoms. The molecule has 0 saturated heterocycles. The van der Waals surface area contributed by atoms with Crippen molar-refractivity contribution in [3.8, 4) is 0 Å². The molecule has 0 spiro atoms. The monoisotopic (exact) mass is 289 g/mol. The lowest BCUT2D eigenvalue weighted by Crippen LogP contribution is -2.47. The Labute approximate surface area is 121 Å². The van der Waals surface area contributed by atoms with Gasteiger partial charge in [0.25, 0.3) is 17.6 Å². The van der Waals surface area contributed by atoms with Gasteiger partial charge in [0, 0.05) is 0 Å². The summed E-state index contributed by atoms with van der Waals surface area (Å²) in [6.45, 7) is 3.27. The number of ketones is 1. The fraction of sp³-hybridized carbons (Fsp3) is 0.333.